The number of allylic oxidation sites excluding steroid dienone is 4. The first-order valence-electron chi connectivity index (χ1n) is 9.67. The van der Waals surface area contributed by atoms with Gasteiger partial charge in [-0.05, 0) is 18.9 Å². The standard InChI is InChI=1S/C21H34O2/c1-2-3-4-5-6-7-8-9-10-11-12-13-15-19-16-14-17-20(22)21(23)18-19/h14,16-17H,2-13,15,18H2,1H3. The lowest BCUT2D eigenvalue weighted by Crippen LogP contribution is -2.10. The topological polar surface area (TPSA) is 34.1 Å². The number of carbonyl (C=O) groups is 2. The third-order valence-corrected chi connectivity index (χ3v) is 4.59. The van der Waals surface area contributed by atoms with Crippen molar-refractivity contribution in [2.24, 2.45) is 0 Å². The third-order valence-electron chi connectivity index (χ3n) is 4.59. The van der Waals surface area contributed by atoms with Crippen LogP contribution in [0.4, 0.5) is 0 Å². The number of hydrogen-bond acceptors (Lipinski definition) is 2. The fourth-order valence-electron chi connectivity index (χ4n) is 3.08. The third kappa shape index (κ3) is 10.3. The number of unbranched alkanes of at least 4 members (excludes halogenated alkanes) is 11. The van der Waals surface area contributed by atoms with Crippen LogP contribution in [-0.4, -0.2) is 11.6 Å². The lowest BCUT2D eigenvalue weighted by Gasteiger charge is -2.05. The average Bonchev–Trinajstić information content (AvgIpc) is 2.70. The molecule has 0 unspecified atom stereocenters. The molecule has 0 aliphatic heterocycles. The number of ketones is 2. The van der Waals surface area contributed by atoms with E-state index < -0.39 is 0 Å². The van der Waals surface area contributed by atoms with E-state index in [2.05, 4.69) is 6.92 Å². The molecule has 0 aromatic carbocycles. The second-order valence-corrected chi connectivity index (χ2v) is 6.79. The first-order chi connectivity index (χ1) is 11.2. The number of carbonyl (C=O) groups excluding carboxylic acids is 2. The fraction of sp³-hybridized carbons (Fsp3) is 0.714. The lowest BCUT2D eigenvalue weighted by atomic mass is 10.0. The molecule has 0 fully saturated rings. The van der Waals surface area contributed by atoms with Crippen molar-refractivity contribution in [3.05, 3.63) is 23.8 Å². The molecule has 2 heteroatoms. The molecule has 0 N–H and O–H groups in total. The molecule has 0 atom stereocenters. The van der Waals surface area contributed by atoms with Gasteiger partial charge in [0.1, 0.15) is 0 Å². The Morgan fingerprint density at radius 3 is 1.87 bits per heavy atom. The zero-order chi connectivity index (χ0) is 16.8. The van der Waals surface area contributed by atoms with Crippen LogP contribution in [0.25, 0.3) is 0 Å². The highest BCUT2D eigenvalue weighted by atomic mass is 16.2. The van der Waals surface area contributed by atoms with Gasteiger partial charge >= 0.3 is 0 Å². The quantitative estimate of drug-likeness (QED) is 0.303. The summed E-state index contributed by atoms with van der Waals surface area (Å²) in [4.78, 5) is 22.8. The number of rotatable bonds is 13. The molecule has 0 aromatic heterocycles. The summed E-state index contributed by atoms with van der Waals surface area (Å²) in [5.74, 6) is -0.616. The predicted octanol–water partition coefficient (Wildman–Crippen LogP) is 6.10. The maximum absolute atomic E-state index is 11.5. The predicted molar refractivity (Wildman–Crippen MR) is 97.5 cm³/mol. The van der Waals surface area contributed by atoms with Gasteiger partial charge in [0.2, 0.25) is 11.6 Å². The SMILES string of the molecule is CCCCCCCCCCCCCCC1=CC=CC(=O)C(=O)C1. The first kappa shape index (κ1) is 19.9. The molecule has 1 aliphatic rings. The molecule has 0 bridgehead atoms. The van der Waals surface area contributed by atoms with E-state index in [0.717, 1.165) is 18.4 Å². The molecule has 0 spiro atoms. The molecular weight excluding hydrogens is 284 g/mol. The van der Waals surface area contributed by atoms with E-state index in [4.69, 9.17) is 0 Å². The summed E-state index contributed by atoms with van der Waals surface area (Å²) in [6.07, 6.45) is 22.5. The van der Waals surface area contributed by atoms with Crippen molar-refractivity contribution in [1.82, 2.24) is 0 Å². The van der Waals surface area contributed by atoms with Crippen LogP contribution in [0.1, 0.15) is 96.8 Å². The van der Waals surface area contributed by atoms with Crippen LogP contribution >= 0.6 is 0 Å². The van der Waals surface area contributed by atoms with Crippen LogP contribution in [0.15, 0.2) is 23.8 Å². The Balaban J connectivity index is 1.90. The summed E-state index contributed by atoms with van der Waals surface area (Å²) < 4.78 is 0. The maximum Gasteiger partial charge on any atom is 0.221 e. The van der Waals surface area contributed by atoms with Gasteiger partial charge in [-0.3, -0.25) is 9.59 Å². The van der Waals surface area contributed by atoms with Crippen molar-refractivity contribution in [3.8, 4) is 0 Å². The zero-order valence-corrected chi connectivity index (χ0v) is 14.9. The Morgan fingerprint density at radius 1 is 0.783 bits per heavy atom. The number of hydrogen-bond donors (Lipinski definition) is 0. The lowest BCUT2D eigenvalue weighted by molar-refractivity contribution is -0.133. The Bertz CT molecular complexity index is 404. The van der Waals surface area contributed by atoms with Crippen molar-refractivity contribution in [2.45, 2.75) is 96.8 Å². The van der Waals surface area contributed by atoms with Gasteiger partial charge in [0.25, 0.3) is 0 Å². The molecule has 0 amide bonds. The Kier molecular flexibility index (Phi) is 11.5. The summed E-state index contributed by atoms with van der Waals surface area (Å²) in [5, 5.41) is 0. The highest BCUT2D eigenvalue weighted by molar-refractivity contribution is 6.42. The summed E-state index contributed by atoms with van der Waals surface area (Å²) in [6, 6.07) is 0. The van der Waals surface area contributed by atoms with Gasteiger partial charge in [0.05, 0.1) is 0 Å². The van der Waals surface area contributed by atoms with E-state index in [1.54, 1.807) is 6.08 Å². The summed E-state index contributed by atoms with van der Waals surface area (Å²) >= 11 is 0. The fourth-order valence-corrected chi connectivity index (χ4v) is 3.08. The van der Waals surface area contributed by atoms with Gasteiger partial charge in [-0.2, -0.15) is 0 Å². The van der Waals surface area contributed by atoms with Crippen LogP contribution < -0.4 is 0 Å². The van der Waals surface area contributed by atoms with E-state index in [0.29, 0.717) is 6.42 Å². The van der Waals surface area contributed by atoms with Crippen molar-refractivity contribution >= 4 is 11.6 Å². The summed E-state index contributed by atoms with van der Waals surface area (Å²) in [7, 11) is 0. The summed E-state index contributed by atoms with van der Waals surface area (Å²) in [5.41, 5.74) is 1.11. The highest BCUT2D eigenvalue weighted by Crippen LogP contribution is 2.17. The molecular formula is C21H34O2. The van der Waals surface area contributed by atoms with Gasteiger partial charge in [-0.15, -0.1) is 0 Å². The van der Waals surface area contributed by atoms with Crippen LogP contribution in [0, 0.1) is 0 Å². The normalized spacial score (nSPS) is 14.9. The maximum atomic E-state index is 11.5. The van der Waals surface area contributed by atoms with Gasteiger partial charge in [-0.1, -0.05) is 95.3 Å². The average molecular weight is 319 g/mol. The first-order valence-corrected chi connectivity index (χ1v) is 9.67. The van der Waals surface area contributed by atoms with Crippen molar-refractivity contribution in [3.63, 3.8) is 0 Å². The van der Waals surface area contributed by atoms with Crippen molar-refractivity contribution < 1.29 is 9.59 Å². The molecule has 130 valence electrons. The Morgan fingerprint density at radius 2 is 1.30 bits per heavy atom. The number of Topliss-reactive ketones (excluding diaryl/α,β-unsaturated/α-hetero) is 1. The van der Waals surface area contributed by atoms with Gasteiger partial charge in [0, 0.05) is 6.42 Å². The van der Waals surface area contributed by atoms with Crippen LogP contribution in [0.3, 0.4) is 0 Å². The Hall–Kier alpha value is -1.18. The molecule has 0 heterocycles. The van der Waals surface area contributed by atoms with E-state index in [1.165, 1.54) is 76.7 Å². The largest absolute Gasteiger partial charge is 0.290 e. The van der Waals surface area contributed by atoms with Crippen LogP contribution in [-0.2, 0) is 9.59 Å². The molecule has 0 saturated heterocycles. The Labute approximate surface area is 142 Å². The second kappa shape index (κ2) is 13.3. The van der Waals surface area contributed by atoms with Crippen molar-refractivity contribution in [2.75, 3.05) is 0 Å². The monoisotopic (exact) mass is 318 g/mol. The molecule has 0 saturated carbocycles. The minimum atomic E-state index is -0.356. The van der Waals surface area contributed by atoms with Gasteiger partial charge in [-0.25, -0.2) is 0 Å². The van der Waals surface area contributed by atoms with Gasteiger partial charge in [0.15, 0.2) is 0 Å². The molecule has 23 heavy (non-hydrogen) atoms. The minimum Gasteiger partial charge on any atom is -0.290 e. The minimum absolute atomic E-state index is 0.260. The van der Waals surface area contributed by atoms with E-state index in [1.807, 2.05) is 6.08 Å². The molecule has 1 aliphatic carbocycles. The zero-order valence-electron chi connectivity index (χ0n) is 14.9. The van der Waals surface area contributed by atoms with E-state index in [-0.39, 0.29) is 11.6 Å². The van der Waals surface area contributed by atoms with Crippen LogP contribution in [0.5, 0.6) is 0 Å². The van der Waals surface area contributed by atoms with Crippen LogP contribution in [0.2, 0.25) is 0 Å². The smallest absolute Gasteiger partial charge is 0.221 e. The van der Waals surface area contributed by atoms with E-state index >= 15 is 0 Å². The molecule has 0 radical (unpaired) electrons. The van der Waals surface area contributed by atoms with Gasteiger partial charge < -0.3 is 0 Å². The highest BCUT2D eigenvalue weighted by Gasteiger charge is 2.14. The van der Waals surface area contributed by atoms with E-state index in [9.17, 15) is 9.59 Å². The molecule has 1 rings (SSSR count). The van der Waals surface area contributed by atoms with Crippen molar-refractivity contribution in [1.29, 1.82) is 0 Å². The molecule has 0 aromatic rings. The molecule has 2 nitrogen and oxygen atoms in total. The summed E-state index contributed by atoms with van der Waals surface area (Å²) in [6.45, 7) is 2.26. The second-order valence-electron chi connectivity index (χ2n) is 6.79.